The number of hydrogen-bond donors (Lipinski definition) is 1. The number of carbonyl (C=O) groups is 2. The van der Waals surface area contributed by atoms with Crippen LogP contribution in [0.1, 0.15) is 49.4 Å². The third-order valence-corrected chi connectivity index (χ3v) is 5.71. The molecule has 0 radical (unpaired) electrons. The predicted molar refractivity (Wildman–Crippen MR) is 126 cm³/mol. The Morgan fingerprint density at radius 1 is 1.09 bits per heavy atom. The lowest BCUT2D eigenvalue weighted by Crippen LogP contribution is -2.32. The quantitative estimate of drug-likeness (QED) is 0.346. The van der Waals surface area contributed by atoms with Crippen LogP contribution >= 0.6 is 0 Å². The van der Waals surface area contributed by atoms with Crippen LogP contribution in [0.4, 0.5) is 0 Å². The zero-order chi connectivity index (χ0) is 24.1. The number of benzene rings is 2. The van der Waals surface area contributed by atoms with Gasteiger partial charge >= 0.3 is 0 Å². The maximum atomic E-state index is 13.1. The van der Waals surface area contributed by atoms with E-state index in [1.165, 1.54) is 12.0 Å². The van der Waals surface area contributed by atoms with E-state index in [0.717, 1.165) is 5.56 Å². The minimum atomic E-state index is -0.736. The topological polar surface area (TPSA) is 85.3 Å². The van der Waals surface area contributed by atoms with Gasteiger partial charge in [0.15, 0.2) is 0 Å². The van der Waals surface area contributed by atoms with Gasteiger partial charge in [0.1, 0.15) is 17.3 Å². The van der Waals surface area contributed by atoms with Crippen molar-refractivity contribution in [2.75, 3.05) is 34.0 Å². The van der Waals surface area contributed by atoms with Gasteiger partial charge in [-0.25, -0.2) is 0 Å². The molecule has 1 aliphatic rings. The molecular formula is C26H31NO6. The predicted octanol–water partition coefficient (Wildman–Crippen LogP) is 4.29. The smallest absolute Gasteiger partial charge is 0.295 e. The highest BCUT2D eigenvalue weighted by molar-refractivity contribution is 6.46. The van der Waals surface area contributed by atoms with Crippen LogP contribution in [0.5, 0.6) is 11.5 Å². The second-order valence-corrected chi connectivity index (χ2v) is 8.10. The minimum Gasteiger partial charge on any atom is -0.507 e. The molecule has 7 heteroatoms. The number of hydrogen-bond acceptors (Lipinski definition) is 6. The molecule has 0 aliphatic carbocycles. The molecule has 1 heterocycles. The van der Waals surface area contributed by atoms with Gasteiger partial charge < -0.3 is 24.2 Å². The summed E-state index contributed by atoms with van der Waals surface area (Å²) in [5.41, 5.74) is 2.11. The summed E-state index contributed by atoms with van der Waals surface area (Å²) in [5, 5.41) is 11.3. The fourth-order valence-electron chi connectivity index (χ4n) is 4.05. The van der Waals surface area contributed by atoms with Crippen LogP contribution in [0.2, 0.25) is 0 Å². The molecule has 1 fully saturated rings. The molecule has 7 nitrogen and oxygen atoms in total. The van der Waals surface area contributed by atoms with E-state index in [4.69, 9.17) is 14.2 Å². The molecule has 1 saturated heterocycles. The van der Waals surface area contributed by atoms with Gasteiger partial charge in [-0.3, -0.25) is 9.59 Å². The molecule has 176 valence electrons. The molecule has 0 spiro atoms. The first-order valence-corrected chi connectivity index (χ1v) is 11.0. The van der Waals surface area contributed by atoms with Crippen LogP contribution in [-0.2, 0) is 14.3 Å². The Bertz CT molecular complexity index is 1040. The van der Waals surface area contributed by atoms with Gasteiger partial charge in [0.25, 0.3) is 11.7 Å². The first-order chi connectivity index (χ1) is 15.8. The lowest BCUT2D eigenvalue weighted by Gasteiger charge is -2.25. The van der Waals surface area contributed by atoms with E-state index in [1.54, 1.807) is 37.4 Å². The second-order valence-electron chi connectivity index (χ2n) is 8.10. The fraction of sp³-hybridized carbons (Fsp3) is 0.385. The molecule has 33 heavy (non-hydrogen) atoms. The number of likely N-dealkylation sites (tertiary alicyclic amines) is 1. The molecular weight excluding hydrogens is 422 g/mol. The van der Waals surface area contributed by atoms with E-state index in [2.05, 4.69) is 0 Å². The Kier molecular flexibility index (Phi) is 7.76. The van der Waals surface area contributed by atoms with Gasteiger partial charge in [-0.1, -0.05) is 26.0 Å². The number of Topliss-reactive ketones (excluding diaryl/α,β-unsaturated/α-hetero) is 1. The van der Waals surface area contributed by atoms with E-state index in [1.807, 2.05) is 32.9 Å². The lowest BCUT2D eigenvalue weighted by molar-refractivity contribution is -0.140. The summed E-state index contributed by atoms with van der Waals surface area (Å²) in [6.45, 7) is 6.95. The van der Waals surface area contributed by atoms with Crippen molar-refractivity contribution in [3.05, 3.63) is 64.7 Å². The van der Waals surface area contributed by atoms with Crippen molar-refractivity contribution in [1.29, 1.82) is 0 Å². The molecule has 1 unspecified atom stereocenters. The van der Waals surface area contributed by atoms with Crippen LogP contribution < -0.4 is 9.47 Å². The molecule has 1 aliphatic heterocycles. The highest BCUT2D eigenvalue weighted by Crippen LogP contribution is 2.40. The van der Waals surface area contributed by atoms with E-state index in [-0.39, 0.29) is 30.4 Å². The van der Waals surface area contributed by atoms with Gasteiger partial charge in [-0.05, 0) is 54.3 Å². The van der Waals surface area contributed by atoms with Gasteiger partial charge in [-0.15, -0.1) is 0 Å². The van der Waals surface area contributed by atoms with Crippen molar-refractivity contribution in [2.45, 2.75) is 32.7 Å². The lowest BCUT2D eigenvalue weighted by atomic mass is 9.93. The Balaban J connectivity index is 2.15. The van der Waals surface area contributed by atoms with Crippen LogP contribution in [-0.4, -0.2) is 55.7 Å². The molecule has 1 atom stereocenters. The molecule has 1 amide bonds. The molecule has 2 aromatic carbocycles. The number of rotatable bonds is 9. The summed E-state index contributed by atoms with van der Waals surface area (Å²) in [5.74, 6) is -0.0677. The maximum Gasteiger partial charge on any atom is 0.295 e. The van der Waals surface area contributed by atoms with Crippen molar-refractivity contribution >= 4 is 17.4 Å². The Morgan fingerprint density at radius 2 is 1.79 bits per heavy atom. The number of aliphatic hydroxyl groups is 1. The summed E-state index contributed by atoms with van der Waals surface area (Å²) < 4.78 is 16.1. The fourth-order valence-corrected chi connectivity index (χ4v) is 4.05. The molecule has 0 aromatic heterocycles. The standard InChI is InChI=1S/C26H31NO6/c1-6-33-19-10-7-17(8-11-19)23-22(25(29)26(30)27(23)13-14-31-4)24(28)18-9-12-21(32-5)20(15-18)16(2)3/h7-12,15-16,23,28H,6,13-14H2,1-5H3/b24-22-. The molecule has 2 aromatic rings. The van der Waals surface area contributed by atoms with Gasteiger partial charge in [0.05, 0.1) is 31.9 Å². The third kappa shape index (κ3) is 4.88. The summed E-state index contributed by atoms with van der Waals surface area (Å²) in [4.78, 5) is 27.5. The van der Waals surface area contributed by atoms with Crippen LogP contribution in [0.15, 0.2) is 48.0 Å². The van der Waals surface area contributed by atoms with Crippen molar-refractivity contribution in [1.82, 2.24) is 4.90 Å². The summed E-state index contributed by atoms with van der Waals surface area (Å²) in [7, 11) is 3.13. The summed E-state index contributed by atoms with van der Waals surface area (Å²) in [6, 6.07) is 11.7. The highest BCUT2D eigenvalue weighted by Gasteiger charge is 2.45. The van der Waals surface area contributed by atoms with Crippen molar-refractivity contribution in [3.63, 3.8) is 0 Å². The first-order valence-electron chi connectivity index (χ1n) is 11.0. The van der Waals surface area contributed by atoms with E-state index < -0.39 is 17.7 Å². The molecule has 0 bridgehead atoms. The average Bonchev–Trinajstić information content (AvgIpc) is 3.07. The third-order valence-electron chi connectivity index (χ3n) is 5.71. The zero-order valence-corrected chi connectivity index (χ0v) is 19.8. The molecule has 3 rings (SSSR count). The zero-order valence-electron chi connectivity index (χ0n) is 19.8. The van der Waals surface area contributed by atoms with Crippen LogP contribution in [0, 0.1) is 0 Å². The van der Waals surface area contributed by atoms with Crippen molar-refractivity contribution < 1.29 is 28.9 Å². The maximum absolute atomic E-state index is 13.1. The van der Waals surface area contributed by atoms with Gasteiger partial charge in [0.2, 0.25) is 0 Å². The largest absolute Gasteiger partial charge is 0.507 e. The number of aliphatic hydroxyl groups excluding tert-OH is 1. The number of nitrogens with zero attached hydrogens (tertiary/aromatic N) is 1. The second kappa shape index (κ2) is 10.5. The van der Waals surface area contributed by atoms with Crippen molar-refractivity contribution in [2.24, 2.45) is 0 Å². The molecule has 1 N–H and O–H groups in total. The summed E-state index contributed by atoms with van der Waals surface area (Å²) >= 11 is 0. The van der Waals surface area contributed by atoms with E-state index >= 15 is 0 Å². The minimum absolute atomic E-state index is 0.0557. The Hall–Kier alpha value is -3.32. The van der Waals surface area contributed by atoms with Gasteiger partial charge in [-0.2, -0.15) is 0 Å². The number of amides is 1. The van der Waals surface area contributed by atoms with Gasteiger partial charge in [0, 0.05) is 19.2 Å². The van der Waals surface area contributed by atoms with E-state index in [0.29, 0.717) is 29.2 Å². The SMILES string of the molecule is CCOc1ccc(C2/C(=C(/O)c3ccc(OC)c(C(C)C)c3)C(=O)C(=O)N2CCOC)cc1. The number of ether oxygens (including phenoxy) is 3. The summed E-state index contributed by atoms with van der Waals surface area (Å²) in [6.07, 6.45) is 0. The highest BCUT2D eigenvalue weighted by atomic mass is 16.5. The van der Waals surface area contributed by atoms with E-state index in [9.17, 15) is 14.7 Å². The number of ketones is 1. The van der Waals surface area contributed by atoms with Crippen molar-refractivity contribution in [3.8, 4) is 11.5 Å². The first kappa shape index (κ1) is 24.3. The normalized spacial score (nSPS) is 17.6. The average molecular weight is 454 g/mol. The van der Waals surface area contributed by atoms with Crippen LogP contribution in [0.3, 0.4) is 0 Å². The monoisotopic (exact) mass is 453 g/mol. The number of carbonyl (C=O) groups excluding carboxylic acids is 2. The van der Waals surface area contributed by atoms with Crippen LogP contribution in [0.25, 0.3) is 5.76 Å². The molecule has 0 saturated carbocycles. The Labute approximate surface area is 194 Å². The number of methoxy groups -OCH3 is 2. The Morgan fingerprint density at radius 3 is 2.36 bits per heavy atom.